The smallest absolute Gasteiger partial charge is 0.161 e. The Balaban J connectivity index is 1.57. The zero-order chi connectivity index (χ0) is 23.2. The van der Waals surface area contributed by atoms with E-state index in [-0.39, 0.29) is 23.5 Å². The molecule has 33 heavy (non-hydrogen) atoms. The summed E-state index contributed by atoms with van der Waals surface area (Å²) in [6, 6.07) is 14.6. The summed E-state index contributed by atoms with van der Waals surface area (Å²) in [6.45, 7) is 3.58. The zero-order valence-electron chi connectivity index (χ0n) is 20.0. The van der Waals surface area contributed by atoms with Crippen molar-refractivity contribution in [1.29, 1.82) is 0 Å². The normalized spacial score (nSPS) is 31.1. The molecule has 2 aromatic carbocycles. The van der Waals surface area contributed by atoms with Crippen LogP contribution in [-0.2, 0) is 27.8 Å². The van der Waals surface area contributed by atoms with Crippen molar-refractivity contribution in [1.82, 2.24) is 4.90 Å². The summed E-state index contributed by atoms with van der Waals surface area (Å²) in [7, 11) is 3.77. The number of piperidine rings is 1. The summed E-state index contributed by atoms with van der Waals surface area (Å²) in [5.74, 6) is 0.728. The van der Waals surface area contributed by atoms with Crippen LogP contribution >= 0.6 is 0 Å². The average Bonchev–Trinajstić information content (AvgIpc) is 2.83. The quantitative estimate of drug-likeness (QED) is 0.667. The Bertz CT molecular complexity index is 1040. The van der Waals surface area contributed by atoms with Crippen molar-refractivity contribution in [3.63, 3.8) is 0 Å². The van der Waals surface area contributed by atoms with Crippen LogP contribution in [0, 0.1) is 5.92 Å². The van der Waals surface area contributed by atoms with Crippen LogP contribution in [0.15, 0.2) is 42.5 Å². The fourth-order valence-corrected chi connectivity index (χ4v) is 7.15. The number of carbonyl (C=O) groups excluding carboxylic acids is 1. The maximum Gasteiger partial charge on any atom is 0.161 e. The van der Waals surface area contributed by atoms with Gasteiger partial charge in [-0.1, -0.05) is 43.3 Å². The monoisotopic (exact) mass is 449 g/mol. The third-order valence-electron chi connectivity index (χ3n) is 8.77. The lowest BCUT2D eigenvalue weighted by Gasteiger charge is -2.66. The van der Waals surface area contributed by atoms with E-state index in [0.29, 0.717) is 25.2 Å². The Morgan fingerprint density at radius 3 is 2.70 bits per heavy atom. The van der Waals surface area contributed by atoms with Crippen LogP contribution in [0.2, 0.25) is 0 Å². The summed E-state index contributed by atoms with van der Waals surface area (Å²) < 4.78 is 12.5. The van der Waals surface area contributed by atoms with E-state index in [4.69, 9.17) is 9.47 Å². The molecular formula is C28H35NO4. The molecule has 1 heterocycles. The number of Topliss-reactive ketones (excluding diaryl/α,β-unsaturated/α-hetero) is 1. The van der Waals surface area contributed by atoms with Crippen LogP contribution in [0.3, 0.4) is 0 Å². The maximum atomic E-state index is 13.2. The van der Waals surface area contributed by atoms with Gasteiger partial charge in [0.1, 0.15) is 5.78 Å². The maximum absolute atomic E-state index is 13.2. The summed E-state index contributed by atoms with van der Waals surface area (Å²) in [5.41, 5.74) is 2.29. The molecule has 3 aliphatic rings. The van der Waals surface area contributed by atoms with Crippen molar-refractivity contribution in [3.05, 3.63) is 59.2 Å². The molecule has 0 amide bonds. The highest BCUT2D eigenvalue weighted by Gasteiger charge is 2.69. The Labute approximate surface area is 196 Å². The third-order valence-corrected chi connectivity index (χ3v) is 8.77. The number of likely N-dealkylation sites (N-methyl/N-ethyl adjacent to an activating group) is 1. The molecule has 1 saturated carbocycles. The van der Waals surface area contributed by atoms with Crippen molar-refractivity contribution in [3.8, 4) is 11.5 Å². The van der Waals surface area contributed by atoms with E-state index >= 15 is 0 Å². The first-order chi connectivity index (χ1) is 15.9. The molecule has 1 N–H and O–H groups in total. The third kappa shape index (κ3) is 3.23. The van der Waals surface area contributed by atoms with Gasteiger partial charge in [0.2, 0.25) is 0 Å². The van der Waals surface area contributed by atoms with Crippen LogP contribution in [0.1, 0.15) is 49.3 Å². The molecule has 1 aliphatic heterocycles. The predicted octanol–water partition coefficient (Wildman–Crippen LogP) is 4.29. The molecule has 0 unspecified atom stereocenters. The molecule has 2 aliphatic carbocycles. The number of fused-ring (bicyclic) bond motifs is 1. The minimum Gasteiger partial charge on any atom is -0.504 e. The molecule has 5 heteroatoms. The number of ether oxygens (including phenoxy) is 2. The van der Waals surface area contributed by atoms with E-state index < -0.39 is 11.0 Å². The van der Waals surface area contributed by atoms with Crippen molar-refractivity contribution in [2.24, 2.45) is 5.92 Å². The fraction of sp³-hybridized carbons (Fsp3) is 0.536. The minimum absolute atomic E-state index is 0.179. The second-order valence-corrected chi connectivity index (χ2v) is 10.1. The van der Waals surface area contributed by atoms with E-state index in [1.165, 1.54) is 5.56 Å². The standard InChI is InChI=1S/C28H35NO4/c1-19-22(30)13-14-28(33-17-7-10-20-8-5-4-6-9-20)24-18-21-11-12-23(32-3)26(31)25(21)27(19,28)15-16-29(24)2/h4-6,8-9,11-12,19,24,31H,7,10,13-18H2,1-3H3/t19-,24-,27-,28-/m1/s1. The molecule has 2 fully saturated rings. The summed E-state index contributed by atoms with van der Waals surface area (Å²) in [4.78, 5) is 15.6. The molecule has 0 radical (unpaired) electrons. The van der Waals surface area contributed by atoms with Crippen LogP contribution in [0.5, 0.6) is 11.5 Å². The van der Waals surface area contributed by atoms with E-state index in [1.54, 1.807) is 7.11 Å². The number of nitrogens with zero attached hydrogens (tertiary/aromatic N) is 1. The van der Waals surface area contributed by atoms with Gasteiger partial charge in [-0.25, -0.2) is 0 Å². The lowest BCUT2D eigenvalue weighted by atomic mass is 9.45. The minimum atomic E-state index is -0.543. The van der Waals surface area contributed by atoms with Crippen molar-refractivity contribution in [2.75, 3.05) is 27.3 Å². The second-order valence-electron chi connectivity index (χ2n) is 10.1. The van der Waals surface area contributed by atoms with Gasteiger partial charge < -0.3 is 19.5 Å². The van der Waals surface area contributed by atoms with Crippen molar-refractivity contribution >= 4 is 5.78 Å². The second kappa shape index (κ2) is 8.44. The van der Waals surface area contributed by atoms with Gasteiger partial charge in [-0.3, -0.25) is 4.79 Å². The van der Waals surface area contributed by atoms with Crippen LogP contribution in [0.25, 0.3) is 0 Å². The number of hydrogen-bond acceptors (Lipinski definition) is 5. The number of aryl methyl sites for hydroxylation is 1. The number of aromatic hydroxyl groups is 1. The number of phenolic OH excluding ortho intramolecular Hbond substituents is 1. The van der Waals surface area contributed by atoms with Crippen LogP contribution in [0.4, 0.5) is 0 Å². The number of methoxy groups -OCH3 is 1. The van der Waals surface area contributed by atoms with Gasteiger partial charge in [0, 0.05) is 36.0 Å². The highest BCUT2D eigenvalue weighted by atomic mass is 16.5. The van der Waals surface area contributed by atoms with Gasteiger partial charge in [0.25, 0.3) is 0 Å². The number of benzene rings is 2. The fourth-order valence-electron chi connectivity index (χ4n) is 7.15. The van der Waals surface area contributed by atoms with Gasteiger partial charge in [0.05, 0.1) is 12.7 Å². The molecule has 2 aromatic rings. The van der Waals surface area contributed by atoms with Crippen LogP contribution in [-0.4, -0.2) is 54.7 Å². The van der Waals surface area contributed by atoms with E-state index in [2.05, 4.69) is 49.2 Å². The van der Waals surface area contributed by atoms with Crippen molar-refractivity contribution < 1.29 is 19.4 Å². The first-order valence-electron chi connectivity index (χ1n) is 12.2. The lowest BCUT2D eigenvalue weighted by Crippen LogP contribution is -2.76. The Hall–Kier alpha value is -2.37. The first kappa shape index (κ1) is 22.4. The van der Waals surface area contributed by atoms with E-state index in [1.807, 2.05) is 12.1 Å². The van der Waals surface area contributed by atoms with Gasteiger partial charge in [0.15, 0.2) is 11.5 Å². The number of hydrogen-bond donors (Lipinski definition) is 1. The zero-order valence-corrected chi connectivity index (χ0v) is 20.0. The number of likely N-dealkylation sites (tertiary alicyclic amines) is 1. The highest BCUT2D eigenvalue weighted by Crippen LogP contribution is 2.63. The highest BCUT2D eigenvalue weighted by molar-refractivity contribution is 5.85. The summed E-state index contributed by atoms with van der Waals surface area (Å²) in [5, 5.41) is 11.4. The van der Waals surface area contributed by atoms with Gasteiger partial charge in [-0.2, -0.15) is 0 Å². The molecule has 4 atom stereocenters. The Morgan fingerprint density at radius 1 is 1.15 bits per heavy atom. The number of carbonyl (C=O) groups is 1. The molecule has 1 saturated heterocycles. The van der Waals surface area contributed by atoms with Gasteiger partial charge >= 0.3 is 0 Å². The molecule has 0 aromatic heterocycles. The number of phenols is 1. The molecule has 176 valence electrons. The summed E-state index contributed by atoms with van der Waals surface area (Å²) >= 11 is 0. The summed E-state index contributed by atoms with van der Waals surface area (Å²) in [6.07, 6.45) is 4.73. The average molecular weight is 450 g/mol. The van der Waals surface area contributed by atoms with Gasteiger partial charge in [-0.15, -0.1) is 0 Å². The molecule has 0 spiro atoms. The van der Waals surface area contributed by atoms with Gasteiger partial charge in [-0.05, 0) is 62.9 Å². The Kier molecular flexibility index (Phi) is 5.74. The topological polar surface area (TPSA) is 59.0 Å². The Morgan fingerprint density at radius 2 is 1.94 bits per heavy atom. The lowest BCUT2D eigenvalue weighted by molar-refractivity contribution is -0.209. The SMILES string of the molecule is COc1ccc2c(c1O)[C@]13CCN(C)[C@H](C2)[C@]1(OCCCc1ccccc1)CCC(=O)[C@H]3C. The number of ketones is 1. The first-order valence-corrected chi connectivity index (χ1v) is 12.2. The molecule has 5 rings (SSSR count). The van der Waals surface area contributed by atoms with Crippen molar-refractivity contribution in [2.45, 2.75) is 62.5 Å². The van der Waals surface area contributed by atoms with E-state index in [9.17, 15) is 9.90 Å². The van der Waals surface area contributed by atoms with Crippen LogP contribution < -0.4 is 4.74 Å². The molecule has 2 bridgehead atoms. The molecular weight excluding hydrogens is 414 g/mol. The van der Waals surface area contributed by atoms with E-state index in [0.717, 1.165) is 43.4 Å². The molecule has 5 nitrogen and oxygen atoms in total. The largest absolute Gasteiger partial charge is 0.504 e. The predicted molar refractivity (Wildman–Crippen MR) is 128 cm³/mol. The number of rotatable bonds is 6.